The molecule has 1 aromatic carbocycles. The molecule has 4 nitrogen and oxygen atoms in total. The molecule has 1 aromatic rings. The van der Waals surface area contributed by atoms with E-state index in [-0.39, 0.29) is 11.5 Å². The van der Waals surface area contributed by atoms with Crippen molar-refractivity contribution in [2.45, 2.75) is 18.7 Å². The first kappa shape index (κ1) is 14.2. The van der Waals surface area contributed by atoms with Crippen LogP contribution in [0.4, 0.5) is 0 Å². The summed E-state index contributed by atoms with van der Waals surface area (Å²) >= 11 is 0. The Kier molecular flexibility index (Phi) is 5.61. The third kappa shape index (κ3) is 5.30. The number of ether oxygens (including phenoxy) is 1. The van der Waals surface area contributed by atoms with Gasteiger partial charge in [0.2, 0.25) is 0 Å². The van der Waals surface area contributed by atoms with Crippen molar-refractivity contribution in [3.05, 3.63) is 35.4 Å². The molecule has 0 heterocycles. The Bertz CT molecular complexity index is 426. The van der Waals surface area contributed by atoms with Crippen molar-refractivity contribution in [3.63, 3.8) is 0 Å². The van der Waals surface area contributed by atoms with E-state index in [9.17, 15) is 8.42 Å². The Morgan fingerprint density at radius 2 is 1.76 bits per heavy atom. The molecule has 0 aliphatic carbocycles. The minimum atomic E-state index is -3.04. The highest BCUT2D eigenvalue weighted by atomic mass is 32.2. The molecule has 5 heteroatoms. The van der Waals surface area contributed by atoms with Gasteiger partial charge in [-0.15, -0.1) is 0 Å². The highest BCUT2D eigenvalue weighted by Crippen LogP contribution is 2.09. The van der Waals surface area contributed by atoms with Crippen LogP contribution in [0.25, 0.3) is 0 Å². The molecule has 0 aliphatic heterocycles. The Labute approximate surface area is 103 Å². The fourth-order valence-electron chi connectivity index (χ4n) is 1.52. The number of benzene rings is 1. The highest BCUT2D eigenvalue weighted by Gasteiger charge is 2.11. The van der Waals surface area contributed by atoms with Crippen LogP contribution in [0, 0.1) is 0 Å². The zero-order chi connectivity index (χ0) is 12.7. The van der Waals surface area contributed by atoms with Gasteiger partial charge in [0, 0.05) is 20.3 Å². The lowest BCUT2D eigenvalue weighted by Crippen LogP contribution is -2.11. The summed E-state index contributed by atoms with van der Waals surface area (Å²) in [5.41, 5.74) is 7.29. The largest absolute Gasteiger partial charge is 0.385 e. The van der Waals surface area contributed by atoms with E-state index in [1.165, 1.54) is 0 Å². The molecule has 96 valence electrons. The number of hydrogen-bond donors (Lipinski definition) is 1. The molecule has 0 amide bonds. The number of methoxy groups -OCH3 is 1. The van der Waals surface area contributed by atoms with Crippen molar-refractivity contribution < 1.29 is 13.2 Å². The monoisotopic (exact) mass is 257 g/mol. The lowest BCUT2D eigenvalue weighted by atomic mass is 10.1. The fourth-order valence-corrected chi connectivity index (χ4v) is 2.92. The average molecular weight is 257 g/mol. The van der Waals surface area contributed by atoms with Crippen molar-refractivity contribution in [1.29, 1.82) is 0 Å². The molecular weight excluding hydrogens is 238 g/mol. The minimum absolute atomic E-state index is 0.0849. The standard InChI is InChI=1S/C12H19NO3S/c1-16-7-2-8-17(14,15)10-12-5-3-11(9-13)4-6-12/h3-6H,2,7-10,13H2,1H3. The van der Waals surface area contributed by atoms with E-state index >= 15 is 0 Å². The maximum Gasteiger partial charge on any atom is 0.154 e. The summed E-state index contributed by atoms with van der Waals surface area (Å²) in [6, 6.07) is 7.35. The summed E-state index contributed by atoms with van der Waals surface area (Å²) in [5.74, 6) is 0.251. The molecule has 0 bridgehead atoms. The van der Waals surface area contributed by atoms with Gasteiger partial charge in [-0.2, -0.15) is 0 Å². The van der Waals surface area contributed by atoms with E-state index in [0.29, 0.717) is 19.6 Å². The Balaban J connectivity index is 2.56. The molecule has 0 aliphatic rings. The smallest absolute Gasteiger partial charge is 0.154 e. The zero-order valence-corrected chi connectivity index (χ0v) is 10.9. The van der Waals surface area contributed by atoms with E-state index < -0.39 is 9.84 Å². The summed E-state index contributed by atoms with van der Waals surface area (Å²) in [7, 11) is -1.47. The van der Waals surface area contributed by atoms with E-state index in [2.05, 4.69) is 0 Å². The minimum Gasteiger partial charge on any atom is -0.385 e. The van der Waals surface area contributed by atoms with Gasteiger partial charge in [0.05, 0.1) is 11.5 Å². The number of sulfone groups is 1. The second-order valence-corrected chi connectivity index (χ2v) is 6.14. The number of nitrogens with two attached hydrogens (primary N) is 1. The van der Waals surface area contributed by atoms with Crippen molar-refractivity contribution in [2.24, 2.45) is 5.73 Å². The fraction of sp³-hybridized carbons (Fsp3) is 0.500. The molecule has 0 unspecified atom stereocenters. The molecule has 0 spiro atoms. The SMILES string of the molecule is COCCCS(=O)(=O)Cc1ccc(CN)cc1. The van der Waals surface area contributed by atoms with Crippen molar-refractivity contribution in [2.75, 3.05) is 19.5 Å². The van der Waals surface area contributed by atoms with Crippen LogP contribution in [-0.4, -0.2) is 27.9 Å². The van der Waals surface area contributed by atoms with Gasteiger partial charge in [0.25, 0.3) is 0 Å². The lowest BCUT2D eigenvalue weighted by Gasteiger charge is -2.05. The van der Waals surface area contributed by atoms with Gasteiger partial charge in [-0.3, -0.25) is 0 Å². The molecule has 0 radical (unpaired) electrons. The van der Waals surface area contributed by atoms with Gasteiger partial charge in [-0.1, -0.05) is 24.3 Å². The molecule has 2 N–H and O–H groups in total. The molecule has 0 saturated carbocycles. The van der Waals surface area contributed by atoms with E-state index in [1.807, 2.05) is 24.3 Å². The number of hydrogen-bond acceptors (Lipinski definition) is 4. The first-order valence-electron chi connectivity index (χ1n) is 5.54. The van der Waals surface area contributed by atoms with Crippen LogP contribution >= 0.6 is 0 Å². The zero-order valence-electron chi connectivity index (χ0n) is 10.1. The summed E-state index contributed by atoms with van der Waals surface area (Å²) in [4.78, 5) is 0. The molecular formula is C12H19NO3S. The van der Waals surface area contributed by atoms with Gasteiger partial charge in [0.15, 0.2) is 9.84 Å². The summed E-state index contributed by atoms with van der Waals surface area (Å²) in [6.45, 7) is 0.951. The topological polar surface area (TPSA) is 69.4 Å². The molecule has 0 fully saturated rings. The average Bonchev–Trinajstić information content (AvgIpc) is 2.30. The van der Waals surface area contributed by atoms with Crippen molar-refractivity contribution >= 4 is 9.84 Å². The van der Waals surface area contributed by atoms with Gasteiger partial charge in [-0.25, -0.2) is 8.42 Å². The van der Waals surface area contributed by atoms with Crippen LogP contribution in [0.5, 0.6) is 0 Å². The van der Waals surface area contributed by atoms with E-state index in [4.69, 9.17) is 10.5 Å². The third-order valence-electron chi connectivity index (χ3n) is 2.45. The maximum absolute atomic E-state index is 11.7. The van der Waals surface area contributed by atoms with Crippen LogP contribution in [0.3, 0.4) is 0 Å². The first-order chi connectivity index (χ1) is 8.07. The van der Waals surface area contributed by atoms with Crippen molar-refractivity contribution in [1.82, 2.24) is 0 Å². The Morgan fingerprint density at radius 3 is 2.29 bits per heavy atom. The predicted molar refractivity (Wildman–Crippen MR) is 68.3 cm³/mol. The van der Waals surface area contributed by atoms with Crippen molar-refractivity contribution in [3.8, 4) is 0 Å². The molecule has 0 atom stereocenters. The Morgan fingerprint density at radius 1 is 1.18 bits per heavy atom. The summed E-state index contributed by atoms with van der Waals surface area (Å²) in [6.07, 6.45) is 0.541. The molecule has 17 heavy (non-hydrogen) atoms. The highest BCUT2D eigenvalue weighted by molar-refractivity contribution is 7.90. The van der Waals surface area contributed by atoms with Crippen LogP contribution in [-0.2, 0) is 26.9 Å². The van der Waals surface area contributed by atoms with Crippen LogP contribution in [0.1, 0.15) is 17.5 Å². The number of rotatable bonds is 7. The first-order valence-corrected chi connectivity index (χ1v) is 7.37. The van der Waals surface area contributed by atoms with Gasteiger partial charge in [-0.05, 0) is 17.5 Å². The normalized spacial score (nSPS) is 11.6. The van der Waals surface area contributed by atoms with Gasteiger partial charge >= 0.3 is 0 Å². The lowest BCUT2D eigenvalue weighted by molar-refractivity contribution is 0.199. The second kappa shape index (κ2) is 6.74. The molecule has 0 aromatic heterocycles. The van der Waals surface area contributed by atoms with Gasteiger partial charge in [0.1, 0.15) is 0 Å². The quantitative estimate of drug-likeness (QED) is 0.743. The van der Waals surface area contributed by atoms with E-state index in [0.717, 1.165) is 11.1 Å². The van der Waals surface area contributed by atoms with E-state index in [1.54, 1.807) is 7.11 Å². The van der Waals surface area contributed by atoms with Crippen LogP contribution < -0.4 is 5.73 Å². The Hall–Kier alpha value is -0.910. The summed E-state index contributed by atoms with van der Waals surface area (Å²) < 4.78 is 28.3. The maximum atomic E-state index is 11.7. The third-order valence-corrected chi connectivity index (χ3v) is 4.13. The van der Waals surface area contributed by atoms with Crippen LogP contribution in [0.15, 0.2) is 24.3 Å². The van der Waals surface area contributed by atoms with Crippen LogP contribution in [0.2, 0.25) is 0 Å². The molecule has 1 rings (SSSR count). The second-order valence-electron chi connectivity index (χ2n) is 3.96. The van der Waals surface area contributed by atoms with Gasteiger partial charge < -0.3 is 10.5 Å². The molecule has 0 saturated heterocycles. The predicted octanol–water partition coefficient (Wildman–Crippen LogP) is 1.10. The summed E-state index contributed by atoms with van der Waals surface area (Å²) in [5, 5.41) is 0.